The monoisotopic (exact) mass is 357 g/mol. The Morgan fingerprint density at radius 2 is 2.08 bits per heavy atom. The molecule has 0 unspecified atom stereocenters. The van der Waals surface area contributed by atoms with Crippen LogP contribution in [-0.4, -0.2) is 50.1 Å². The van der Waals surface area contributed by atoms with E-state index in [9.17, 15) is 15.0 Å². The van der Waals surface area contributed by atoms with Crippen molar-refractivity contribution in [3.8, 4) is 0 Å². The van der Waals surface area contributed by atoms with Gasteiger partial charge in [-0.1, -0.05) is 30.3 Å². The van der Waals surface area contributed by atoms with E-state index in [1.165, 1.54) is 5.56 Å². The van der Waals surface area contributed by atoms with Gasteiger partial charge in [-0.3, -0.25) is 14.4 Å². The molecule has 2 aromatic rings. The number of hydrogen-bond donors (Lipinski definition) is 2. The van der Waals surface area contributed by atoms with Crippen molar-refractivity contribution in [2.75, 3.05) is 13.1 Å². The minimum Gasteiger partial charge on any atom is -0.481 e. The number of carbonyl (C=O) groups is 1. The zero-order valence-electron chi connectivity index (χ0n) is 15.2. The van der Waals surface area contributed by atoms with Crippen molar-refractivity contribution < 1.29 is 15.0 Å². The summed E-state index contributed by atoms with van der Waals surface area (Å²) in [6.07, 6.45) is 3.46. The first-order valence-corrected chi connectivity index (χ1v) is 9.16. The molecule has 0 saturated carbocycles. The van der Waals surface area contributed by atoms with E-state index in [0.717, 1.165) is 18.5 Å². The molecule has 1 aliphatic heterocycles. The molecule has 0 aliphatic carbocycles. The third-order valence-corrected chi connectivity index (χ3v) is 5.53. The third-order valence-electron chi connectivity index (χ3n) is 5.53. The summed E-state index contributed by atoms with van der Waals surface area (Å²) in [5.74, 6) is -0.896. The van der Waals surface area contributed by atoms with Crippen LogP contribution in [0.25, 0.3) is 0 Å². The first-order valence-electron chi connectivity index (χ1n) is 9.16. The van der Waals surface area contributed by atoms with Crippen molar-refractivity contribution in [2.45, 2.75) is 38.3 Å². The molecule has 0 amide bonds. The van der Waals surface area contributed by atoms with Crippen LogP contribution >= 0.6 is 0 Å². The number of aryl methyl sites for hydroxylation is 2. The number of carboxylic acid groups (broad SMARTS) is 1. The van der Waals surface area contributed by atoms with E-state index in [1.54, 1.807) is 6.20 Å². The molecule has 6 nitrogen and oxygen atoms in total. The summed E-state index contributed by atoms with van der Waals surface area (Å²) in [5.41, 5.74) is 1.14. The van der Waals surface area contributed by atoms with Crippen LogP contribution in [0, 0.1) is 5.41 Å². The number of carboxylic acids is 1. The number of benzene rings is 1. The Hall–Kier alpha value is -2.18. The average molecular weight is 357 g/mol. The van der Waals surface area contributed by atoms with E-state index < -0.39 is 17.5 Å². The molecular formula is C20H27N3O3. The molecule has 2 N–H and O–H groups in total. The van der Waals surface area contributed by atoms with Crippen molar-refractivity contribution in [1.29, 1.82) is 0 Å². The van der Waals surface area contributed by atoms with Gasteiger partial charge in [-0.15, -0.1) is 0 Å². The van der Waals surface area contributed by atoms with E-state index >= 15 is 0 Å². The number of aliphatic carboxylic acids is 1. The highest BCUT2D eigenvalue weighted by Crippen LogP contribution is 2.36. The number of aliphatic hydroxyl groups is 1. The second kappa shape index (κ2) is 8.01. The summed E-state index contributed by atoms with van der Waals surface area (Å²) in [5, 5.41) is 24.7. The molecule has 2 heterocycles. The van der Waals surface area contributed by atoms with Gasteiger partial charge in [0.1, 0.15) is 5.41 Å². The number of aromatic nitrogens is 2. The van der Waals surface area contributed by atoms with E-state index in [-0.39, 0.29) is 0 Å². The number of aliphatic hydroxyl groups excluding tert-OH is 1. The number of likely N-dealkylation sites (tertiary alicyclic amines) is 1. The lowest BCUT2D eigenvalue weighted by Gasteiger charge is -2.43. The van der Waals surface area contributed by atoms with Crippen LogP contribution in [0.2, 0.25) is 0 Å². The molecule has 0 radical (unpaired) electrons. The Kier molecular flexibility index (Phi) is 5.74. The second-order valence-corrected chi connectivity index (χ2v) is 7.26. The fourth-order valence-corrected chi connectivity index (χ4v) is 3.90. The minimum atomic E-state index is -1.11. The molecule has 3 rings (SSSR count). The van der Waals surface area contributed by atoms with Gasteiger partial charge in [-0.05, 0) is 37.3 Å². The standard InChI is InChI=1S/C20H27N3O3/c1-22-17(9-12-21-22)14-23-13-10-18(24)20(15-23,19(25)26)11-5-8-16-6-3-2-4-7-16/h2-4,6-7,9,12,18,24H,5,8,10-11,13-15H2,1H3,(H,25,26)/t18-,20-/m1/s1. The highest BCUT2D eigenvalue weighted by Gasteiger charge is 2.48. The number of nitrogens with zero attached hydrogens (tertiary/aromatic N) is 3. The molecule has 1 fully saturated rings. The van der Waals surface area contributed by atoms with Crippen LogP contribution in [0.4, 0.5) is 0 Å². The first-order chi connectivity index (χ1) is 12.5. The summed E-state index contributed by atoms with van der Waals surface area (Å²) < 4.78 is 1.81. The van der Waals surface area contributed by atoms with Crippen molar-refractivity contribution in [2.24, 2.45) is 12.5 Å². The topological polar surface area (TPSA) is 78.6 Å². The highest BCUT2D eigenvalue weighted by atomic mass is 16.4. The predicted octanol–water partition coefficient (Wildman–Crippen LogP) is 2.08. The third kappa shape index (κ3) is 3.97. The lowest BCUT2D eigenvalue weighted by atomic mass is 9.73. The quantitative estimate of drug-likeness (QED) is 0.793. The van der Waals surface area contributed by atoms with Crippen LogP contribution in [-0.2, 0) is 24.8 Å². The van der Waals surface area contributed by atoms with Gasteiger partial charge in [0.25, 0.3) is 0 Å². The summed E-state index contributed by atoms with van der Waals surface area (Å²) in [7, 11) is 1.89. The van der Waals surface area contributed by atoms with E-state index in [2.05, 4.69) is 22.1 Å². The van der Waals surface area contributed by atoms with Crippen LogP contribution in [0.15, 0.2) is 42.6 Å². The zero-order valence-corrected chi connectivity index (χ0v) is 15.2. The highest BCUT2D eigenvalue weighted by molar-refractivity contribution is 5.76. The van der Waals surface area contributed by atoms with Gasteiger partial charge in [-0.2, -0.15) is 5.10 Å². The number of hydrogen-bond acceptors (Lipinski definition) is 4. The van der Waals surface area contributed by atoms with Gasteiger partial charge < -0.3 is 10.2 Å². The van der Waals surface area contributed by atoms with Crippen LogP contribution in [0.1, 0.15) is 30.5 Å². The first kappa shape index (κ1) is 18.6. The number of piperidine rings is 1. The fraction of sp³-hybridized carbons (Fsp3) is 0.500. The molecule has 1 aromatic heterocycles. The average Bonchev–Trinajstić information content (AvgIpc) is 3.03. The van der Waals surface area contributed by atoms with E-state index in [0.29, 0.717) is 32.5 Å². The molecule has 1 aliphatic rings. The maximum atomic E-state index is 12.1. The van der Waals surface area contributed by atoms with Crippen molar-refractivity contribution >= 4 is 5.97 Å². The van der Waals surface area contributed by atoms with Crippen molar-refractivity contribution in [3.05, 3.63) is 53.9 Å². The zero-order chi connectivity index (χ0) is 18.6. The largest absolute Gasteiger partial charge is 0.481 e. The Morgan fingerprint density at radius 1 is 1.31 bits per heavy atom. The van der Waals surface area contributed by atoms with Crippen LogP contribution in [0.3, 0.4) is 0 Å². The molecule has 2 atom stereocenters. The maximum Gasteiger partial charge on any atom is 0.313 e. The van der Waals surface area contributed by atoms with Crippen LogP contribution in [0.5, 0.6) is 0 Å². The molecule has 26 heavy (non-hydrogen) atoms. The van der Waals surface area contributed by atoms with E-state index in [4.69, 9.17) is 0 Å². The summed E-state index contributed by atoms with van der Waals surface area (Å²) >= 11 is 0. The Morgan fingerprint density at radius 3 is 2.73 bits per heavy atom. The number of rotatable bonds is 7. The summed E-state index contributed by atoms with van der Waals surface area (Å²) in [6, 6.07) is 12.0. The molecule has 0 spiro atoms. The normalized spacial score (nSPS) is 23.8. The van der Waals surface area contributed by atoms with Gasteiger partial charge >= 0.3 is 5.97 Å². The van der Waals surface area contributed by atoms with E-state index in [1.807, 2.05) is 36.0 Å². The van der Waals surface area contributed by atoms with Crippen LogP contribution < -0.4 is 0 Å². The lowest BCUT2D eigenvalue weighted by molar-refractivity contribution is -0.164. The predicted molar refractivity (Wildman–Crippen MR) is 98.6 cm³/mol. The van der Waals surface area contributed by atoms with Gasteiger partial charge in [0, 0.05) is 32.9 Å². The van der Waals surface area contributed by atoms with Gasteiger partial charge in [0.2, 0.25) is 0 Å². The summed E-state index contributed by atoms with van der Waals surface area (Å²) in [6.45, 7) is 1.71. The van der Waals surface area contributed by atoms with Gasteiger partial charge in [-0.25, -0.2) is 0 Å². The smallest absolute Gasteiger partial charge is 0.313 e. The van der Waals surface area contributed by atoms with Gasteiger partial charge in [0.15, 0.2) is 0 Å². The fourth-order valence-electron chi connectivity index (χ4n) is 3.90. The second-order valence-electron chi connectivity index (χ2n) is 7.26. The van der Waals surface area contributed by atoms with Gasteiger partial charge in [0.05, 0.1) is 11.8 Å². The minimum absolute atomic E-state index is 0.365. The molecular weight excluding hydrogens is 330 g/mol. The molecule has 0 bridgehead atoms. The Bertz CT molecular complexity index is 731. The summed E-state index contributed by atoms with van der Waals surface area (Å²) in [4.78, 5) is 14.3. The Labute approximate surface area is 154 Å². The molecule has 6 heteroatoms. The molecule has 140 valence electrons. The molecule has 1 saturated heterocycles. The molecule has 1 aromatic carbocycles. The SMILES string of the molecule is Cn1nccc1CN1CC[C@@H](O)[C@](CCCc2ccccc2)(C(=O)O)C1. The Balaban J connectivity index is 1.68. The maximum absolute atomic E-state index is 12.1. The lowest BCUT2D eigenvalue weighted by Crippen LogP contribution is -2.55. The van der Waals surface area contributed by atoms with Crippen molar-refractivity contribution in [3.63, 3.8) is 0 Å². The van der Waals surface area contributed by atoms with Crippen molar-refractivity contribution in [1.82, 2.24) is 14.7 Å².